The Labute approximate surface area is 104 Å². The van der Waals surface area contributed by atoms with Gasteiger partial charge in [0.25, 0.3) is 0 Å². The Morgan fingerprint density at radius 1 is 1.41 bits per heavy atom. The van der Waals surface area contributed by atoms with Crippen LogP contribution in [0.1, 0.15) is 11.5 Å². The molecule has 0 saturated heterocycles. The number of alkyl halides is 1. The van der Waals surface area contributed by atoms with Crippen LogP contribution in [0.4, 0.5) is 6.01 Å². The van der Waals surface area contributed by atoms with Crippen LogP contribution in [-0.2, 0) is 13.0 Å². The van der Waals surface area contributed by atoms with Gasteiger partial charge in [0.2, 0.25) is 5.89 Å². The predicted molar refractivity (Wildman–Crippen MR) is 65.1 cm³/mol. The van der Waals surface area contributed by atoms with Crippen LogP contribution < -0.4 is 4.90 Å². The number of hydrogen-bond acceptors (Lipinski definition) is 5. The summed E-state index contributed by atoms with van der Waals surface area (Å²) in [5, 5.41) is 7.87. The standard InChI is InChI=1S/C11H13ClN4O/c1-16(8-9-3-2-6-13-7-9)11-15-14-10(17-11)4-5-12/h2-3,6-7H,4-5,8H2,1H3. The van der Waals surface area contributed by atoms with Crippen LogP contribution >= 0.6 is 11.6 Å². The Morgan fingerprint density at radius 2 is 2.29 bits per heavy atom. The van der Waals surface area contributed by atoms with Gasteiger partial charge in [-0.2, -0.15) is 0 Å². The Morgan fingerprint density at radius 3 is 3.00 bits per heavy atom. The maximum atomic E-state index is 5.61. The predicted octanol–water partition coefficient (Wildman–Crippen LogP) is 1.88. The maximum Gasteiger partial charge on any atom is 0.318 e. The molecule has 2 heterocycles. The van der Waals surface area contributed by atoms with E-state index in [9.17, 15) is 0 Å². The topological polar surface area (TPSA) is 55.1 Å². The third-order valence-electron chi connectivity index (χ3n) is 2.23. The first-order valence-corrected chi connectivity index (χ1v) is 5.81. The summed E-state index contributed by atoms with van der Waals surface area (Å²) in [6.07, 6.45) is 4.15. The lowest BCUT2D eigenvalue weighted by Crippen LogP contribution is -2.16. The van der Waals surface area contributed by atoms with Crippen molar-refractivity contribution >= 4 is 17.6 Å². The fraction of sp³-hybridized carbons (Fsp3) is 0.364. The van der Waals surface area contributed by atoms with Crippen LogP contribution in [0, 0.1) is 0 Å². The molecule has 0 radical (unpaired) electrons. The normalized spacial score (nSPS) is 10.5. The van der Waals surface area contributed by atoms with E-state index in [2.05, 4.69) is 15.2 Å². The molecule has 17 heavy (non-hydrogen) atoms. The smallest absolute Gasteiger partial charge is 0.318 e. The molecule has 2 rings (SSSR count). The van der Waals surface area contributed by atoms with Gasteiger partial charge in [-0.1, -0.05) is 11.2 Å². The van der Waals surface area contributed by atoms with E-state index in [1.165, 1.54) is 0 Å². The first-order chi connectivity index (χ1) is 8.29. The second-order valence-electron chi connectivity index (χ2n) is 3.63. The molecule has 0 amide bonds. The van der Waals surface area contributed by atoms with Crippen molar-refractivity contribution in [1.29, 1.82) is 0 Å². The lowest BCUT2D eigenvalue weighted by Gasteiger charge is -2.13. The zero-order chi connectivity index (χ0) is 12.1. The highest BCUT2D eigenvalue weighted by Gasteiger charge is 2.10. The van der Waals surface area contributed by atoms with E-state index in [0.717, 1.165) is 5.56 Å². The van der Waals surface area contributed by atoms with Gasteiger partial charge in [0.15, 0.2) is 0 Å². The van der Waals surface area contributed by atoms with Crippen LogP contribution in [0.3, 0.4) is 0 Å². The molecular formula is C11H13ClN4O. The van der Waals surface area contributed by atoms with Gasteiger partial charge in [-0.25, -0.2) is 0 Å². The van der Waals surface area contributed by atoms with Gasteiger partial charge >= 0.3 is 6.01 Å². The summed E-state index contributed by atoms with van der Waals surface area (Å²) in [6.45, 7) is 0.677. The van der Waals surface area contributed by atoms with E-state index in [4.69, 9.17) is 16.0 Å². The minimum atomic E-state index is 0.480. The Hall–Kier alpha value is -1.62. The fourth-order valence-corrected chi connectivity index (χ4v) is 1.58. The van der Waals surface area contributed by atoms with Crippen molar-refractivity contribution in [3.8, 4) is 0 Å². The van der Waals surface area contributed by atoms with Crippen LogP contribution in [0.25, 0.3) is 0 Å². The summed E-state index contributed by atoms with van der Waals surface area (Å²) in [7, 11) is 1.89. The van der Waals surface area contributed by atoms with E-state index in [1.807, 2.05) is 30.3 Å². The van der Waals surface area contributed by atoms with E-state index in [-0.39, 0.29) is 0 Å². The highest BCUT2D eigenvalue weighted by molar-refractivity contribution is 6.17. The van der Waals surface area contributed by atoms with Gasteiger partial charge in [-0.3, -0.25) is 4.98 Å². The highest BCUT2D eigenvalue weighted by Crippen LogP contribution is 2.13. The highest BCUT2D eigenvalue weighted by atomic mass is 35.5. The van der Waals surface area contributed by atoms with Gasteiger partial charge < -0.3 is 9.32 Å². The van der Waals surface area contributed by atoms with Gasteiger partial charge in [-0.05, 0) is 11.6 Å². The van der Waals surface area contributed by atoms with Crippen LogP contribution in [-0.4, -0.2) is 28.1 Å². The molecule has 0 aliphatic rings. The Bertz CT molecular complexity index is 460. The molecule has 6 heteroatoms. The molecule has 0 N–H and O–H groups in total. The monoisotopic (exact) mass is 252 g/mol. The fourth-order valence-electron chi connectivity index (χ4n) is 1.41. The molecule has 5 nitrogen and oxygen atoms in total. The third-order valence-corrected chi connectivity index (χ3v) is 2.42. The lowest BCUT2D eigenvalue weighted by molar-refractivity contribution is 0.495. The number of hydrogen-bond donors (Lipinski definition) is 0. The van der Waals surface area contributed by atoms with Crippen LogP contribution in [0.2, 0.25) is 0 Å². The first-order valence-electron chi connectivity index (χ1n) is 5.28. The molecule has 0 aliphatic carbocycles. The van der Waals surface area contributed by atoms with Gasteiger partial charge in [0.1, 0.15) is 0 Å². The van der Waals surface area contributed by atoms with Crippen LogP contribution in [0.15, 0.2) is 28.9 Å². The molecule has 0 fully saturated rings. The number of halogens is 1. The van der Waals surface area contributed by atoms with Gasteiger partial charge in [-0.15, -0.1) is 16.7 Å². The summed E-state index contributed by atoms with van der Waals surface area (Å²) in [6, 6.07) is 4.39. The van der Waals surface area contributed by atoms with E-state index >= 15 is 0 Å². The second kappa shape index (κ2) is 5.63. The zero-order valence-corrected chi connectivity index (χ0v) is 10.3. The lowest BCUT2D eigenvalue weighted by atomic mass is 10.3. The number of nitrogens with zero attached hydrogens (tertiary/aromatic N) is 4. The van der Waals surface area contributed by atoms with Crippen molar-refractivity contribution in [2.45, 2.75) is 13.0 Å². The second-order valence-corrected chi connectivity index (χ2v) is 4.01. The molecule has 0 aromatic carbocycles. The quantitative estimate of drug-likeness (QED) is 0.761. The molecular weight excluding hydrogens is 240 g/mol. The van der Waals surface area contributed by atoms with Crippen molar-refractivity contribution in [1.82, 2.24) is 15.2 Å². The van der Waals surface area contributed by atoms with E-state index in [1.54, 1.807) is 6.20 Å². The number of aromatic nitrogens is 3. The minimum absolute atomic E-state index is 0.480. The molecule has 90 valence electrons. The Kier molecular flexibility index (Phi) is 3.93. The molecule has 2 aromatic heterocycles. The molecule has 2 aromatic rings. The van der Waals surface area contributed by atoms with Crippen molar-refractivity contribution in [3.63, 3.8) is 0 Å². The van der Waals surface area contributed by atoms with Crippen molar-refractivity contribution in [2.75, 3.05) is 17.8 Å². The summed E-state index contributed by atoms with van der Waals surface area (Å²) in [5.41, 5.74) is 1.09. The molecule has 0 bridgehead atoms. The number of aryl methyl sites for hydroxylation is 1. The summed E-state index contributed by atoms with van der Waals surface area (Å²) >= 11 is 5.61. The number of rotatable bonds is 5. The number of anilines is 1. The van der Waals surface area contributed by atoms with Crippen molar-refractivity contribution in [3.05, 3.63) is 36.0 Å². The largest absolute Gasteiger partial charge is 0.408 e. The van der Waals surface area contributed by atoms with E-state index in [0.29, 0.717) is 30.8 Å². The number of pyridine rings is 1. The van der Waals surface area contributed by atoms with Crippen molar-refractivity contribution < 1.29 is 4.42 Å². The van der Waals surface area contributed by atoms with E-state index < -0.39 is 0 Å². The molecule has 0 saturated carbocycles. The third kappa shape index (κ3) is 3.17. The molecule has 0 unspecified atom stereocenters. The average molecular weight is 253 g/mol. The Balaban J connectivity index is 2.01. The van der Waals surface area contributed by atoms with Crippen LogP contribution in [0.5, 0.6) is 0 Å². The summed E-state index contributed by atoms with van der Waals surface area (Å²) < 4.78 is 5.46. The minimum Gasteiger partial charge on any atom is -0.408 e. The maximum absolute atomic E-state index is 5.61. The molecule has 0 aliphatic heterocycles. The first kappa shape index (κ1) is 11.9. The van der Waals surface area contributed by atoms with Gasteiger partial charge in [0.05, 0.1) is 0 Å². The van der Waals surface area contributed by atoms with Crippen molar-refractivity contribution in [2.24, 2.45) is 0 Å². The van der Waals surface area contributed by atoms with Gasteiger partial charge in [0, 0.05) is 38.3 Å². The summed E-state index contributed by atoms with van der Waals surface area (Å²) in [5.74, 6) is 1.04. The summed E-state index contributed by atoms with van der Waals surface area (Å²) in [4.78, 5) is 5.93. The SMILES string of the molecule is CN(Cc1cccnc1)c1nnc(CCCl)o1. The zero-order valence-electron chi connectivity index (χ0n) is 9.51. The molecule has 0 spiro atoms. The molecule has 0 atom stereocenters. The average Bonchev–Trinajstić information content (AvgIpc) is 2.79.